The van der Waals surface area contributed by atoms with Crippen molar-refractivity contribution >= 4 is 10.8 Å². The zero-order valence-electron chi connectivity index (χ0n) is 14.8. The molecule has 0 aliphatic heterocycles. The van der Waals surface area contributed by atoms with Crippen molar-refractivity contribution in [1.82, 2.24) is 9.55 Å². The first-order valence-electron chi connectivity index (χ1n) is 8.59. The predicted molar refractivity (Wildman–Crippen MR) is 104 cm³/mol. The van der Waals surface area contributed by atoms with E-state index in [9.17, 15) is 5.26 Å². The fourth-order valence-corrected chi connectivity index (χ4v) is 3.18. The van der Waals surface area contributed by atoms with Gasteiger partial charge in [0.1, 0.15) is 17.6 Å². The number of nitrogens with zero attached hydrogens (tertiary/aromatic N) is 3. The Hall–Kier alpha value is -3.62. The Kier molecular flexibility index (Phi) is 4.33. The van der Waals surface area contributed by atoms with Gasteiger partial charge in [0.2, 0.25) is 0 Å². The Balaban J connectivity index is 1.79. The zero-order valence-corrected chi connectivity index (χ0v) is 14.8. The van der Waals surface area contributed by atoms with Crippen molar-refractivity contribution in [2.45, 2.75) is 6.04 Å². The third kappa shape index (κ3) is 3.14. The van der Waals surface area contributed by atoms with Crippen LogP contribution in [-0.2, 0) is 7.05 Å². The fraction of sp³-hybridized carbons (Fsp3) is 0.0909. The molecule has 5 heteroatoms. The maximum Gasteiger partial charge on any atom is 0.150 e. The third-order valence-corrected chi connectivity index (χ3v) is 4.61. The minimum atomic E-state index is -0.457. The molecular weight excluding hydrogens is 336 g/mol. The van der Waals surface area contributed by atoms with Crippen molar-refractivity contribution in [1.29, 1.82) is 5.26 Å². The largest absolute Gasteiger partial charge is 0.456 e. The van der Waals surface area contributed by atoms with Crippen molar-refractivity contribution in [3.63, 3.8) is 0 Å². The number of aryl methyl sites for hydroxylation is 1. The molecule has 4 rings (SSSR count). The molecule has 0 saturated heterocycles. The van der Waals surface area contributed by atoms with Gasteiger partial charge in [-0.25, -0.2) is 4.98 Å². The van der Waals surface area contributed by atoms with E-state index < -0.39 is 6.04 Å². The number of rotatable bonds is 4. The summed E-state index contributed by atoms with van der Waals surface area (Å²) in [5.41, 5.74) is 8.51. The van der Waals surface area contributed by atoms with Gasteiger partial charge in [-0.1, -0.05) is 42.5 Å². The Labute approximate surface area is 157 Å². The van der Waals surface area contributed by atoms with Crippen LogP contribution in [0.15, 0.2) is 73.2 Å². The lowest BCUT2D eigenvalue weighted by atomic mass is 10.0. The van der Waals surface area contributed by atoms with E-state index in [-0.39, 0.29) is 0 Å². The number of aromatic nitrogens is 2. The van der Waals surface area contributed by atoms with Crippen LogP contribution in [0.3, 0.4) is 0 Å². The second kappa shape index (κ2) is 6.94. The molecule has 1 aromatic heterocycles. The average molecular weight is 354 g/mol. The number of hydrogen-bond acceptors (Lipinski definition) is 4. The van der Waals surface area contributed by atoms with Gasteiger partial charge in [-0.3, -0.25) is 0 Å². The van der Waals surface area contributed by atoms with Gasteiger partial charge >= 0.3 is 0 Å². The van der Waals surface area contributed by atoms with Gasteiger partial charge in [-0.2, -0.15) is 5.26 Å². The molecule has 2 N–H and O–H groups in total. The highest BCUT2D eigenvalue weighted by atomic mass is 16.5. The Morgan fingerprint density at radius 3 is 2.63 bits per heavy atom. The minimum absolute atomic E-state index is 0.443. The average Bonchev–Trinajstić information content (AvgIpc) is 3.13. The first kappa shape index (κ1) is 16.8. The second-order valence-corrected chi connectivity index (χ2v) is 6.35. The monoisotopic (exact) mass is 354 g/mol. The van der Waals surface area contributed by atoms with Crippen molar-refractivity contribution < 1.29 is 4.74 Å². The van der Waals surface area contributed by atoms with Gasteiger partial charge in [0.15, 0.2) is 0 Å². The lowest BCUT2D eigenvalue weighted by Gasteiger charge is -2.18. The Morgan fingerprint density at radius 1 is 1.07 bits per heavy atom. The smallest absolute Gasteiger partial charge is 0.150 e. The van der Waals surface area contributed by atoms with E-state index in [1.165, 1.54) is 0 Å². The summed E-state index contributed by atoms with van der Waals surface area (Å²) < 4.78 is 8.03. The van der Waals surface area contributed by atoms with Crippen molar-refractivity contribution in [3.05, 3.63) is 90.0 Å². The van der Waals surface area contributed by atoms with E-state index in [0.717, 1.165) is 22.0 Å². The van der Waals surface area contributed by atoms with Crippen molar-refractivity contribution in [2.24, 2.45) is 12.8 Å². The molecule has 1 heterocycles. The van der Waals surface area contributed by atoms with Crippen LogP contribution in [0.4, 0.5) is 0 Å². The Bertz CT molecular complexity index is 1160. The molecular formula is C22H18N4O. The molecule has 0 radical (unpaired) electrons. The molecule has 0 saturated carbocycles. The standard InChI is InChI=1S/C22H18N4O/c1-26-14-25-13-20(26)21(24)19-8-4-7-17(12-23)22(19)27-18-10-9-15-5-2-3-6-16(15)11-18/h2-11,13-14,21H,24H2,1H3. The molecule has 0 fully saturated rings. The number of nitrogens with two attached hydrogens (primary N) is 1. The zero-order chi connectivity index (χ0) is 18.8. The molecule has 1 atom stereocenters. The number of hydrogen-bond donors (Lipinski definition) is 1. The summed E-state index contributed by atoms with van der Waals surface area (Å²) in [7, 11) is 1.89. The van der Waals surface area contributed by atoms with Crippen LogP contribution in [0.1, 0.15) is 22.9 Å². The second-order valence-electron chi connectivity index (χ2n) is 6.35. The summed E-state index contributed by atoms with van der Waals surface area (Å²) >= 11 is 0. The molecule has 0 bridgehead atoms. The van der Waals surface area contributed by atoms with E-state index in [4.69, 9.17) is 10.5 Å². The fourth-order valence-electron chi connectivity index (χ4n) is 3.18. The molecule has 3 aromatic carbocycles. The normalized spacial score (nSPS) is 11.9. The number of imidazole rings is 1. The predicted octanol–water partition coefficient (Wildman–Crippen LogP) is 4.29. The topological polar surface area (TPSA) is 76.9 Å². The van der Waals surface area contributed by atoms with E-state index in [2.05, 4.69) is 11.1 Å². The molecule has 27 heavy (non-hydrogen) atoms. The van der Waals surface area contributed by atoms with Crippen LogP contribution in [0.25, 0.3) is 10.8 Å². The van der Waals surface area contributed by atoms with Crippen molar-refractivity contribution in [3.8, 4) is 17.6 Å². The van der Waals surface area contributed by atoms with E-state index in [1.807, 2.05) is 66.2 Å². The van der Waals surface area contributed by atoms with Gasteiger partial charge in [0.25, 0.3) is 0 Å². The maximum atomic E-state index is 9.57. The van der Waals surface area contributed by atoms with Gasteiger partial charge in [-0.05, 0) is 29.0 Å². The van der Waals surface area contributed by atoms with E-state index in [1.54, 1.807) is 18.6 Å². The van der Waals surface area contributed by atoms with Gasteiger partial charge in [-0.15, -0.1) is 0 Å². The van der Waals surface area contributed by atoms with Crippen LogP contribution in [0.2, 0.25) is 0 Å². The quantitative estimate of drug-likeness (QED) is 0.593. The molecule has 4 aromatic rings. The number of fused-ring (bicyclic) bond motifs is 1. The minimum Gasteiger partial charge on any atom is -0.456 e. The molecule has 0 spiro atoms. The van der Waals surface area contributed by atoms with Gasteiger partial charge in [0, 0.05) is 12.6 Å². The third-order valence-electron chi connectivity index (χ3n) is 4.61. The SMILES string of the molecule is Cn1cncc1C(N)c1cccc(C#N)c1Oc1ccc2ccccc2c1. The highest BCUT2D eigenvalue weighted by molar-refractivity contribution is 5.83. The summed E-state index contributed by atoms with van der Waals surface area (Å²) in [4.78, 5) is 4.14. The lowest BCUT2D eigenvalue weighted by Crippen LogP contribution is -2.16. The first-order chi connectivity index (χ1) is 13.2. The van der Waals surface area contributed by atoms with Gasteiger partial charge < -0.3 is 15.0 Å². The number of benzene rings is 3. The summed E-state index contributed by atoms with van der Waals surface area (Å²) in [5, 5.41) is 11.8. The van der Waals surface area contributed by atoms with Crippen LogP contribution in [-0.4, -0.2) is 9.55 Å². The van der Waals surface area contributed by atoms with Crippen LogP contribution < -0.4 is 10.5 Å². The van der Waals surface area contributed by atoms with E-state index >= 15 is 0 Å². The lowest BCUT2D eigenvalue weighted by molar-refractivity contribution is 0.471. The Morgan fingerprint density at radius 2 is 1.89 bits per heavy atom. The number of para-hydroxylation sites is 1. The molecule has 5 nitrogen and oxygen atoms in total. The molecule has 0 amide bonds. The maximum absolute atomic E-state index is 9.57. The molecule has 1 unspecified atom stereocenters. The summed E-state index contributed by atoms with van der Waals surface area (Å²) in [6.45, 7) is 0. The summed E-state index contributed by atoms with van der Waals surface area (Å²) in [5.74, 6) is 1.14. The first-order valence-corrected chi connectivity index (χ1v) is 8.59. The van der Waals surface area contributed by atoms with Crippen LogP contribution in [0, 0.1) is 11.3 Å². The molecule has 132 valence electrons. The van der Waals surface area contributed by atoms with Crippen LogP contribution in [0.5, 0.6) is 11.5 Å². The van der Waals surface area contributed by atoms with Gasteiger partial charge in [0.05, 0.1) is 29.8 Å². The highest BCUT2D eigenvalue weighted by Gasteiger charge is 2.20. The van der Waals surface area contributed by atoms with Crippen LogP contribution >= 0.6 is 0 Å². The van der Waals surface area contributed by atoms with Crippen molar-refractivity contribution in [2.75, 3.05) is 0 Å². The number of nitriles is 1. The summed E-state index contributed by atoms with van der Waals surface area (Å²) in [6, 6.07) is 21.1. The molecule has 0 aliphatic rings. The van der Waals surface area contributed by atoms with E-state index in [0.29, 0.717) is 17.1 Å². The highest BCUT2D eigenvalue weighted by Crippen LogP contribution is 2.35. The summed E-state index contributed by atoms with van der Waals surface area (Å²) in [6.07, 6.45) is 3.43. The molecule has 0 aliphatic carbocycles. The number of ether oxygens (including phenoxy) is 1.